The minimum atomic E-state index is -0.649. The molecule has 8 fully saturated rings. The summed E-state index contributed by atoms with van der Waals surface area (Å²) < 4.78 is 22.4. The molecule has 20 atom stereocenters. The molecule has 8 rings (SSSR count). The van der Waals surface area contributed by atoms with Gasteiger partial charge >= 0.3 is 24.0 Å². The number of hydrogen-bond acceptors (Lipinski definition) is 11. The first-order valence-corrected chi connectivity index (χ1v) is 30.4. The van der Waals surface area contributed by atoms with Crippen LogP contribution >= 0.6 is 0 Å². The molecule has 12 heteroatoms. The number of carbonyl (C=O) groups excluding carboxylic acids is 4. The predicted octanol–water partition coefficient (Wildman–Crippen LogP) is 12.4. The fourth-order valence-electron chi connectivity index (χ4n) is 19.9. The van der Waals surface area contributed by atoms with Crippen LogP contribution in [-0.4, -0.2) is 88.6 Å². The summed E-state index contributed by atoms with van der Waals surface area (Å²) in [5.74, 6) is 3.40. The third-order valence-electron chi connectivity index (χ3n) is 23.3. The van der Waals surface area contributed by atoms with E-state index < -0.39 is 23.3 Å². The van der Waals surface area contributed by atoms with E-state index in [1.807, 2.05) is 0 Å². The van der Waals surface area contributed by atoms with Crippen molar-refractivity contribution in [1.82, 2.24) is 5.32 Å². The lowest BCUT2D eigenvalue weighted by atomic mass is 9.43. The lowest BCUT2D eigenvalue weighted by Gasteiger charge is -2.63. The molecule has 0 spiro atoms. The summed E-state index contributed by atoms with van der Waals surface area (Å²) >= 11 is 0. The topological polar surface area (TPSA) is 178 Å². The normalized spacial score (nSPS) is 42.6. The Labute approximate surface area is 447 Å². The Morgan fingerprint density at radius 1 is 0.541 bits per heavy atom. The Hall–Kier alpha value is -2.44. The van der Waals surface area contributed by atoms with Crippen molar-refractivity contribution >= 4 is 24.0 Å². The van der Waals surface area contributed by atoms with Gasteiger partial charge in [-0.05, 0) is 198 Å². The second-order valence-corrected chi connectivity index (χ2v) is 27.6. The first-order chi connectivity index (χ1) is 34.9. The molecule has 0 saturated heterocycles. The maximum atomic E-state index is 12.4. The molecule has 424 valence electrons. The van der Waals surface area contributed by atoms with E-state index in [4.69, 9.17) is 14.2 Å². The molecule has 8 aliphatic carbocycles. The number of nitrogens with one attached hydrogen (secondary N) is 1. The zero-order valence-electron chi connectivity index (χ0n) is 48.3. The fourth-order valence-corrected chi connectivity index (χ4v) is 19.9. The third-order valence-corrected chi connectivity index (χ3v) is 23.3. The molecule has 12 nitrogen and oxygen atoms in total. The second kappa shape index (κ2) is 23.9. The van der Waals surface area contributed by atoms with Gasteiger partial charge in [0.1, 0.15) is 24.9 Å². The van der Waals surface area contributed by atoms with Gasteiger partial charge in [0.15, 0.2) is 0 Å². The van der Waals surface area contributed by atoms with E-state index >= 15 is 0 Å². The van der Waals surface area contributed by atoms with Crippen molar-refractivity contribution in [3.05, 3.63) is 0 Å². The Kier molecular flexibility index (Phi) is 19.1. The van der Waals surface area contributed by atoms with Gasteiger partial charge in [0.25, 0.3) is 0 Å². The number of ether oxygens (including phenoxy) is 4. The van der Waals surface area contributed by atoms with Gasteiger partial charge in [-0.3, -0.25) is 14.4 Å². The van der Waals surface area contributed by atoms with Crippen LogP contribution in [-0.2, 0) is 33.3 Å². The summed E-state index contributed by atoms with van der Waals surface area (Å²) in [5, 5.41) is 36.4. The Morgan fingerprint density at radius 3 is 1.42 bits per heavy atom. The van der Waals surface area contributed by atoms with E-state index in [1.165, 1.54) is 78.7 Å². The second-order valence-electron chi connectivity index (χ2n) is 27.6. The summed E-state index contributed by atoms with van der Waals surface area (Å²) in [5.41, 5.74) is -0.831. The highest BCUT2D eigenvalue weighted by Crippen LogP contribution is 2.71. The van der Waals surface area contributed by atoms with E-state index in [-0.39, 0.29) is 76.4 Å². The van der Waals surface area contributed by atoms with Crippen LogP contribution < -0.4 is 5.32 Å². The smallest absolute Gasteiger partial charge is 0.407 e. The summed E-state index contributed by atoms with van der Waals surface area (Å²) in [6.45, 7) is 21.2. The summed E-state index contributed by atoms with van der Waals surface area (Å²) in [4.78, 5) is 48.1. The number of fused-ring (bicyclic) bond motifs is 10. The molecule has 0 unspecified atom stereocenters. The molecule has 4 N–H and O–H groups in total. The molecule has 0 aromatic heterocycles. The van der Waals surface area contributed by atoms with Crippen molar-refractivity contribution in [3.63, 3.8) is 0 Å². The third kappa shape index (κ3) is 12.1. The van der Waals surface area contributed by atoms with Crippen molar-refractivity contribution in [2.24, 2.45) is 80.8 Å². The lowest BCUT2D eigenvalue weighted by Crippen LogP contribution is -2.60. The average molecular weight is 1040 g/mol. The lowest BCUT2D eigenvalue weighted by molar-refractivity contribution is -0.196. The van der Waals surface area contributed by atoms with E-state index in [0.29, 0.717) is 53.8 Å². The van der Waals surface area contributed by atoms with Crippen LogP contribution in [0.2, 0.25) is 0 Å². The number of alkyl carbamates (subject to hydrolysis) is 1. The average Bonchev–Trinajstić information content (AvgIpc) is 3.90. The molecule has 0 aromatic carbocycles. The van der Waals surface area contributed by atoms with Gasteiger partial charge < -0.3 is 39.6 Å². The standard InChI is InChI=1S/C33H55NO7.C29H50O4/c1-7-8-9-10-15-33(5,38)28-12-11-24-23-19-27(40-21(2)35)26-18-22(41-30(37)34-20-29(36)39-6)13-16-31(26,3)25(23)14-17-32(24,28)4;1-6-7-8-9-14-29(5,32)26-11-10-22-21-18-25(33-19(2)30)24-17-20(31)12-15-27(24,3)23(21)13-16-28(22,26)4/h22-28,38H,7-20H2,1-6H3,(H,34,37);20-26,31-32H,6-18H2,1-5H3/t22-,23-,24-,25-,26+,27-,28-,31+,32-,33-;20-,21-,22-,23-,24+,25-,26-,27+,28-,29-/m00/s1. The number of aliphatic hydroxyl groups excluding tert-OH is 1. The van der Waals surface area contributed by atoms with Gasteiger partial charge in [0.2, 0.25) is 0 Å². The highest BCUT2D eigenvalue weighted by molar-refractivity contribution is 5.77. The number of methoxy groups -OCH3 is 1. The van der Waals surface area contributed by atoms with Crippen LogP contribution in [0.25, 0.3) is 0 Å². The number of unbranched alkanes of at least 4 members (excludes halogenated alkanes) is 6. The predicted molar refractivity (Wildman–Crippen MR) is 287 cm³/mol. The van der Waals surface area contributed by atoms with Crippen LogP contribution in [0, 0.1) is 80.8 Å². The monoisotopic (exact) mass is 1040 g/mol. The van der Waals surface area contributed by atoms with Crippen molar-refractivity contribution in [1.29, 1.82) is 0 Å². The van der Waals surface area contributed by atoms with Crippen LogP contribution in [0.15, 0.2) is 0 Å². The van der Waals surface area contributed by atoms with Gasteiger partial charge in [-0.2, -0.15) is 0 Å². The molecule has 0 radical (unpaired) electrons. The highest BCUT2D eigenvalue weighted by Gasteiger charge is 2.66. The van der Waals surface area contributed by atoms with Crippen molar-refractivity contribution in [2.75, 3.05) is 13.7 Å². The van der Waals surface area contributed by atoms with E-state index in [1.54, 1.807) is 0 Å². The number of hydrogen-bond donors (Lipinski definition) is 4. The number of esters is 3. The Morgan fingerprint density at radius 2 is 0.973 bits per heavy atom. The maximum absolute atomic E-state index is 12.4. The van der Waals surface area contributed by atoms with Gasteiger partial charge in [-0.1, -0.05) is 92.9 Å². The molecule has 0 heterocycles. The summed E-state index contributed by atoms with van der Waals surface area (Å²) in [6, 6.07) is 0. The molecule has 8 aliphatic rings. The number of aliphatic hydroxyl groups is 3. The number of amides is 1. The quantitative estimate of drug-likeness (QED) is 0.0619. The molecule has 0 bridgehead atoms. The first kappa shape index (κ1) is 59.2. The van der Waals surface area contributed by atoms with Gasteiger partial charge in [0.05, 0.1) is 24.4 Å². The van der Waals surface area contributed by atoms with Gasteiger partial charge in [-0.15, -0.1) is 0 Å². The van der Waals surface area contributed by atoms with Gasteiger partial charge in [-0.25, -0.2) is 4.79 Å². The largest absolute Gasteiger partial charge is 0.468 e. The van der Waals surface area contributed by atoms with Crippen molar-refractivity contribution in [3.8, 4) is 0 Å². The Balaban J connectivity index is 0.000000221. The zero-order valence-corrected chi connectivity index (χ0v) is 48.3. The van der Waals surface area contributed by atoms with Crippen molar-refractivity contribution in [2.45, 2.75) is 272 Å². The van der Waals surface area contributed by atoms with Crippen LogP contribution in [0.4, 0.5) is 4.79 Å². The summed E-state index contributed by atoms with van der Waals surface area (Å²) in [7, 11) is 1.28. The zero-order chi connectivity index (χ0) is 54.0. The maximum Gasteiger partial charge on any atom is 0.407 e. The number of carbonyl (C=O) groups is 4. The van der Waals surface area contributed by atoms with Crippen LogP contribution in [0.1, 0.15) is 236 Å². The molecule has 0 aliphatic heterocycles. The molecular formula is C62H105NO11. The molecular weight excluding hydrogens is 935 g/mol. The highest BCUT2D eigenvalue weighted by atomic mass is 16.6. The molecule has 8 saturated carbocycles. The SMILES string of the molecule is CCCCCC[C@](C)(O)[C@H]1CC[C@H]2[C@@H]3C[C@H](OC(C)=O)[C@H]4C[C@@H](O)CC[C@]4(C)[C@H]3CC[C@@]21C.CCCCCC[C@](C)(O)[C@H]1CC[C@H]2[C@@H]3C[C@H](OC(C)=O)[C@H]4C[C@@H](OC(=O)NCC(=O)OC)CC[C@]4(C)[C@H]3CC[C@@]21C. The molecule has 74 heavy (non-hydrogen) atoms. The molecule has 1 amide bonds. The minimum Gasteiger partial charge on any atom is -0.468 e. The summed E-state index contributed by atoms with van der Waals surface area (Å²) in [6.07, 6.45) is 25.9. The van der Waals surface area contributed by atoms with Gasteiger partial charge in [0, 0.05) is 25.7 Å². The van der Waals surface area contributed by atoms with E-state index in [2.05, 4.69) is 65.4 Å². The Bertz CT molecular complexity index is 1920. The van der Waals surface area contributed by atoms with Crippen LogP contribution in [0.5, 0.6) is 0 Å². The minimum absolute atomic E-state index is 0.00648. The molecule has 0 aromatic rings. The van der Waals surface area contributed by atoms with Crippen molar-refractivity contribution < 1.29 is 53.4 Å². The fraction of sp³-hybridized carbons (Fsp3) is 0.935. The first-order valence-electron chi connectivity index (χ1n) is 30.4. The van der Waals surface area contributed by atoms with E-state index in [0.717, 1.165) is 103 Å². The van der Waals surface area contributed by atoms with E-state index in [9.17, 15) is 34.5 Å². The van der Waals surface area contributed by atoms with Crippen LogP contribution in [0.3, 0.4) is 0 Å². The number of rotatable bonds is 17.